The summed E-state index contributed by atoms with van der Waals surface area (Å²) in [5, 5.41) is 6.12. The second-order valence-corrected chi connectivity index (χ2v) is 7.50. The van der Waals surface area contributed by atoms with Gasteiger partial charge in [0.2, 0.25) is 11.8 Å². The van der Waals surface area contributed by atoms with E-state index in [1.165, 1.54) is 0 Å². The molecule has 2 rings (SSSR count). The van der Waals surface area contributed by atoms with Crippen molar-refractivity contribution in [1.29, 1.82) is 0 Å². The molecular formula is C21H33N3O2. The third-order valence-electron chi connectivity index (χ3n) is 5.21. The maximum absolute atomic E-state index is 12.6. The molecule has 0 aliphatic heterocycles. The molecule has 0 radical (unpaired) electrons. The highest BCUT2D eigenvalue weighted by molar-refractivity contribution is 5.93. The summed E-state index contributed by atoms with van der Waals surface area (Å²) in [6.07, 6.45) is 5.04. The molecule has 1 aliphatic carbocycles. The van der Waals surface area contributed by atoms with E-state index in [0.717, 1.165) is 62.9 Å². The monoisotopic (exact) mass is 359 g/mol. The van der Waals surface area contributed by atoms with Crippen molar-refractivity contribution in [3.05, 3.63) is 29.8 Å². The summed E-state index contributed by atoms with van der Waals surface area (Å²) in [6, 6.07) is 7.96. The highest BCUT2D eigenvalue weighted by Crippen LogP contribution is 2.30. The first-order valence-electron chi connectivity index (χ1n) is 9.82. The zero-order valence-corrected chi connectivity index (χ0v) is 16.4. The number of para-hydroxylation sites is 1. The molecule has 0 saturated heterocycles. The van der Waals surface area contributed by atoms with Gasteiger partial charge in [-0.25, -0.2) is 0 Å². The van der Waals surface area contributed by atoms with Crippen LogP contribution in [0.2, 0.25) is 0 Å². The standard InChI is InChI=1S/C21H33N3O2/c1-4-16-8-5-6-9-19(16)23-21(26)18-12-10-17(11-13-18)20(25)22-14-7-15-24(2)3/h5-6,8-9,17-18H,4,7,10-15H2,1-3H3,(H,22,25)(H,23,26). The van der Waals surface area contributed by atoms with Gasteiger partial charge < -0.3 is 15.5 Å². The predicted octanol–water partition coefficient (Wildman–Crippen LogP) is 3.06. The van der Waals surface area contributed by atoms with Crippen molar-refractivity contribution in [2.45, 2.75) is 45.4 Å². The van der Waals surface area contributed by atoms with Crippen LogP contribution in [0.5, 0.6) is 0 Å². The van der Waals surface area contributed by atoms with E-state index < -0.39 is 0 Å². The van der Waals surface area contributed by atoms with Gasteiger partial charge in [-0.15, -0.1) is 0 Å². The van der Waals surface area contributed by atoms with Crippen LogP contribution in [-0.4, -0.2) is 43.9 Å². The summed E-state index contributed by atoms with van der Waals surface area (Å²) in [6.45, 7) is 3.80. The first-order valence-corrected chi connectivity index (χ1v) is 9.82. The van der Waals surface area contributed by atoms with Gasteiger partial charge in [-0.3, -0.25) is 9.59 Å². The largest absolute Gasteiger partial charge is 0.356 e. The Morgan fingerprint density at radius 2 is 1.65 bits per heavy atom. The topological polar surface area (TPSA) is 61.4 Å². The Morgan fingerprint density at radius 1 is 1.04 bits per heavy atom. The normalized spacial score (nSPS) is 20.0. The van der Waals surface area contributed by atoms with E-state index in [1.807, 2.05) is 38.4 Å². The average Bonchev–Trinajstić information content (AvgIpc) is 2.65. The molecule has 5 heteroatoms. The molecule has 0 atom stereocenters. The Hall–Kier alpha value is -1.88. The number of anilines is 1. The average molecular weight is 360 g/mol. The first-order chi connectivity index (χ1) is 12.5. The van der Waals surface area contributed by atoms with Crippen molar-refractivity contribution in [1.82, 2.24) is 10.2 Å². The smallest absolute Gasteiger partial charge is 0.227 e. The van der Waals surface area contributed by atoms with E-state index in [0.29, 0.717) is 0 Å². The second-order valence-electron chi connectivity index (χ2n) is 7.50. The van der Waals surface area contributed by atoms with Crippen molar-refractivity contribution in [2.75, 3.05) is 32.5 Å². The first kappa shape index (κ1) is 20.4. The Morgan fingerprint density at radius 3 is 2.27 bits per heavy atom. The third-order valence-corrected chi connectivity index (χ3v) is 5.21. The number of hydrogen-bond donors (Lipinski definition) is 2. The number of nitrogens with one attached hydrogen (secondary N) is 2. The Bertz CT molecular complexity index is 593. The third kappa shape index (κ3) is 6.13. The maximum Gasteiger partial charge on any atom is 0.227 e. The van der Waals surface area contributed by atoms with Gasteiger partial charge in [0.1, 0.15) is 0 Å². The van der Waals surface area contributed by atoms with Crippen LogP contribution in [0, 0.1) is 11.8 Å². The van der Waals surface area contributed by atoms with Crippen molar-refractivity contribution < 1.29 is 9.59 Å². The summed E-state index contributed by atoms with van der Waals surface area (Å²) in [5.74, 6) is 0.314. The summed E-state index contributed by atoms with van der Waals surface area (Å²) in [4.78, 5) is 27.0. The molecule has 1 fully saturated rings. The minimum Gasteiger partial charge on any atom is -0.356 e. The number of hydrogen-bond acceptors (Lipinski definition) is 3. The van der Waals surface area contributed by atoms with Crippen LogP contribution in [0.3, 0.4) is 0 Å². The highest BCUT2D eigenvalue weighted by Gasteiger charge is 2.29. The summed E-state index contributed by atoms with van der Waals surface area (Å²) in [5.41, 5.74) is 2.08. The highest BCUT2D eigenvalue weighted by atomic mass is 16.2. The molecule has 1 aromatic carbocycles. The molecule has 0 heterocycles. The fourth-order valence-corrected chi connectivity index (χ4v) is 3.55. The Kier molecular flexibility index (Phi) is 8.10. The lowest BCUT2D eigenvalue weighted by atomic mass is 9.81. The molecule has 2 N–H and O–H groups in total. The molecule has 144 valence electrons. The molecular weight excluding hydrogens is 326 g/mol. The van der Waals surface area contributed by atoms with E-state index in [2.05, 4.69) is 22.5 Å². The number of aryl methyl sites for hydroxylation is 1. The van der Waals surface area contributed by atoms with Crippen LogP contribution in [0.4, 0.5) is 5.69 Å². The van der Waals surface area contributed by atoms with Crippen LogP contribution in [0.25, 0.3) is 0 Å². The van der Waals surface area contributed by atoms with Crippen molar-refractivity contribution in [3.8, 4) is 0 Å². The van der Waals surface area contributed by atoms with Gasteiger partial charge in [-0.05, 0) is 70.8 Å². The number of carbonyl (C=O) groups is 2. The van der Waals surface area contributed by atoms with Crippen LogP contribution < -0.4 is 10.6 Å². The number of rotatable bonds is 8. The molecule has 0 unspecified atom stereocenters. The molecule has 0 spiro atoms. The predicted molar refractivity (Wildman–Crippen MR) is 106 cm³/mol. The van der Waals surface area contributed by atoms with Gasteiger partial charge in [0.05, 0.1) is 0 Å². The minimum absolute atomic E-state index is 0.0118. The van der Waals surface area contributed by atoms with Gasteiger partial charge in [0, 0.05) is 24.1 Å². The van der Waals surface area contributed by atoms with E-state index in [1.54, 1.807) is 0 Å². The fraction of sp³-hybridized carbons (Fsp3) is 0.619. The SMILES string of the molecule is CCc1ccccc1NC(=O)C1CCC(C(=O)NCCCN(C)C)CC1. The number of carbonyl (C=O) groups excluding carboxylic acids is 2. The van der Waals surface area contributed by atoms with E-state index >= 15 is 0 Å². The molecule has 1 aromatic rings. The van der Waals surface area contributed by atoms with Crippen LogP contribution >= 0.6 is 0 Å². The van der Waals surface area contributed by atoms with Crippen LogP contribution in [-0.2, 0) is 16.0 Å². The van der Waals surface area contributed by atoms with E-state index in [4.69, 9.17) is 0 Å². The van der Waals surface area contributed by atoms with E-state index in [-0.39, 0.29) is 23.7 Å². The lowest BCUT2D eigenvalue weighted by molar-refractivity contribution is -0.128. The Balaban J connectivity index is 1.75. The molecule has 0 aromatic heterocycles. The number of amides is 2. The number of nitrogens with zero attached hydrogens (tertiary/aromatic N) is 1. The van der Waals surface area contributed by atoms with E-state index in [9.17, 15) is 9.59 Å². The molecule has 26 heavy (non-hydrogen) atoms. The molecule has 5 nitrogen and oxygen atoms in total. The van der Waals surface area contributed by atoms with Gasteiger partial charge in [0.25, 0.3) is 0 Å². The summed E-state index contributed by atoms with van der Waals surface area (Å²) >= 11 is 0. The van der Waals surface area contributed by atoms with Gasteiger partial charge in [0.15, 0.2) is 0 Å². The number of benzene rings is 1. The zero-order valence-electron chi connectivity index (χ0n) is 16.4. The molecule has 1 aliphatic rings. The van der Waals surface area contributed by atoms with Gasteiger partial charge >= 0.3 is 0 Å². The molecule has 0 bridgehead atoms. The quantitative estimate of drug-likeness (QED) is 0.701. The van der Waals surface area contributed by atoms with Crippen molar-refractivity contribution in [2.24, 2.45) is 11.8 Å². The zero-order chi connectivity index (χ0) is 18.9. The lowest BCUT2D eigenvalue weighted by Gasteiger charge is -2.27. The lowest BCUT2D eigenvalue weighted by Crippen LogP contribution is -2.36. The molecule has 1 saturated carbocycles. The van der Waals surface area contributed by atoms with Crippen LogP contribution in [0.15, 0.2) is 24.3 Å². The Labute approximate surface area is 157 Å². The molecule has 2 amide bonds. The van der Waals surface area contributed by atoms with Gasteiger partial charge in [-0.2, -0.15) is 0 Å². The minimum atomic E-state index is 0.0118. The van der Waals surface area contributed by atoms with Crippen molar-refractivity contribution in [3.63, 3.8) is 0 Å². The summed E-state index contributed by atoms with van der Waals surface area (Å²) < 4.78 is 0. The fourth-order valence-electron chi connectivity index (χ4n) is 3.55. The maximum atomic E-state index is 12.6. The van der Waals surface area contributed by atoms with Crippen molar-refractivity contribution >= 4 is 17.5 Å². The second kappa shape index (κ2) is 10.3. The van der Waals surface area contributed by atoms with Gasteiger partial charge in [-0.1, -0.05) is 25.1 Å². The van der Waals surface area contributed by atoms with Crippen LogP contribution in [0.1, 0.15) is 44.6 Å². The summed E-state index contributed by atoms with van der Waals surface area (Å²) in [7, 11) is 4.07.